The molecule has 0 bridgehead atoms. The normalized spacial score (nSPS) is 22.6. The molecule has 1 aliphatic rings. The molecule has 0 spiro atoms. The second-order valence-corrected chi connectivity index (χ2v) is 9.18. The van der Waals surface area contributed by atoms with E-state index in [1.165, 1.54) is 18.4 Å². The molecular weight excluding hydrogens is 312 g/mol. The maximum atomic E-state index is 11.8. The van der Waals surface area contributed by atoms with Crippen LogP contribution in [0.4, 0.5) is 10.5 Å². The number of benzene rings is 1. The van der Waals surface area contributed by atoms with E-state index in [9.17, 15) is 4.79 Å². The maximum Gasteiger partial charge on any atom is 0.412 e. The van der Waals surface area contributed by atoms with Gasteiger partial charge in [0.05, 0.1) is 0 Å². The van der Waals surface area contributed by atoms with Gasteiger partial charge in [0.15, 0.2) is 0 Å². The number of ether oxygens (including phenoxy) is 1. The molecule has 1 fully saturated rings. The molecule has 4 nitrogen and oxygen atoms in total. The Hall–Kier alpha value is -1.55. The minimum absolute atomic E-state index is 0.417. The van der Waals surface area contributed by atoms with Crippen molar-refractivity contribution in [2.45, 2.75) is 72.4 Å². The summed E-state index contributed by atoms with van der Waals surface area (Å²) in [7, 11) is 0. The van der Waals surface area contributed by atoms with E-state index in [0.29, 0.717) is 11.5 Å². The van der Waals surface area contributed by atoms with Gasteiger partial charge in [-0.05, 0) is 75.6 Å². The first-order valence-electron chi connectivity index (χ1n) is 9.36. The Morgan fingerprint density at radius 3 is 2.36 bits per heavy atom. The van der Waals surface area contributed by atoms with Crippen LogP contribution in [0.25, 0.3) is 0 Å². The lowest BCUT2D eigenvalue weighted by molar-refractivity contribution is 0.0636. The van der Waals surface area contributed by atoms with Gasteiger partial charge in [0, 0.05) is 11.7 Å². The molecule has 4 heteroatoms. The summed E-state index contributed by atoms with van der Waals surface area (Å²) in [5.74, 6) is 0.746. The molecule has 2 N–H and O–H groups in total. The highest BCUT2D eigenvalue weighted by atomic mass is 16.6. The molecule has 0 aliphatic heterocycles. The fourth-order valence-electron chi connectivity index (χ4n) is 3.75. The number of anilines is 1. The Morgan fingerprint density at radius 2 is 1.84 bits per heavy atom. The Labute approximate surface area is 152 Å². The van der Waals surface area contributed by atoms with Gasteiger partial charge < -0.3 is 10.1 Å². The summed E-state index contributed by atoms with van der Waals surface area (Å²) in [5.41, 5.74) is 2.01. The van der Waals surface area contributed by atoms with Crippen molar-refractivity contribution < 1.29 is 9.53 Å². The highest BCUT2D eigenvalue weighted by Gasteiger charge is 2.35. The van der Waals surface area contributed by atoms with Crippen LogP contribution in [-0.4, -0.2) is 24.3 Å². The molecule has 0 saturated heterocycles. The first-order valence-corrected chi connectivity index (χ1v) is 9.36. The van der Waals surface area contributed by atoms with Gasteiger partial charge in [0.2, 0.25) is 0 Å². The van der Waals surface area contributed by atoms with Crippen LogP contribution in [0.15, 0.2) is 24.3 Å². The van der Waals surface area contributed by atoms with Gasteiger partial charge >= 0.3 is 6.09 Å². The van der Waals surface area contributed by atoms with Gasteiger partial charge in [0.25, 0.3) is 0 Å². The monoisotopic (exact) mass is 346 g/mol. The van der Waals surface area contributed by atoms with Crippen LogP contribution in [-0.2, 0) is 11.2 Å². The summed E-state index contributed by atoms with van der Waals surface area (Å²) in [6.07, 6.45) is 3.14. The molecule has 1 aromatic carbocycles. The van der Waals surface area contributed by atoms with Crippen LogP contribution in [0, 0.1) is 11.3 Å². The third-order valence-corrected chi connectivity index (χ3v) is 4.75. The van der Waals surface area contributed by atoms with E-state index in [2.05, 4.69) is 43.5 Å². The van der Waals surface area contributed by atoms with Gasteiger partial charge in [-0.25, -0.2) is 4.79 Å². The second kappa shape index (κ2) is 7.77. The summed E-state index contributed by atoms with van der Waals surface area (Å²) in [4.78, 5) is 11.8. The number of amides is 1. The fourth-order valence-corrected chi connectivity index (χ4v) is 3.75. The first-order chi connectivity index (χ1) is 11.5. The summed E-state index contributed by atoms with van der Waals surface area (Å²) in [5, 5.41) is 6.48. The Bertz CT molecular complexity index is 573. The zero-order chi connectivity index (χ0) is 18.7. The van der Waals surface area contributed by atoms with Crippen molar-refractivity contribution in [2.75, 3.05) is 11.9 Å². The van der Waals surface area contributed by atoms with Crippen molar-refractivity contribution in [3.63, 3.8) is 0 Å². The van der Waals surface area contributed by atoms with Crippen molar-refractivity contribution in [1.82, 2.24) is 5.32 Å². The van der Waals surface area contributed by atoms with E-state index in [-0.39, 0.29) is 0 Å². The average molecular weight is 347 g/mol. The summed E-state index contributed by atoms with van der Waals surface area (Å²) in [6.45, 7) is 13.6. The number of carbonyl (C=O) groups is 1. The van der Waals surface area contributed by atoms with Crippen LogP contribution < -0.4 is 10.6 Å². The lowest BCUT2D eigenvalue weighted by Gasteiger charge is -2.20. The predicted molar refractivity (Wildman–Crippen MR) is 104 cm³/mol. The van der Waals surface area contributed by atoms with Gasteiger partial charge in [-0.2, -0.15) is 0 Å². The standard InChI is InChI=1S/C21H34N2O2/c1-15-13-21(5,6)14-18(15)22-12-11-16-7-9-17(10-8-16)23-19(24)25-20(2,3)4/h7-10,15,18,22H,11-14H2,1-6H3,(H,23,24). The largest absolute Gasteiger partial charge is 0.444 e. The zero-order valence-corrected chi connectivity index (χ0v) is 16.6. The van der Waals surface area contributed by atoms with E-state index in [1.54, 1.807) is 0 Å². The zero-order valence-electron chi connectivity index (χ0n) is 16.6. The van der Waals surface area contributed by atoms with E-state index in [4.69, 9.17) is 4.74 Å². The Kier molecular flexibility index (Phi) is 6.15. The molecule has 140 valence electrons. The Balaban J connectivity index is 1.76. The average Bonchev–Trinajstić information content (AvgIpc) is 2.71. The van der Waals surface area contributed by atoms with Crippen molar-refractivity contribution in [2.24, 2.45) is 11.3 Å². The molecule has 0 radical (unpaired) electrons. The smallest absolute Gasteiger partial charge is 0.412 e. The minimum Gasteiger partial charge on any atom is -0.444 e. The molecule has 1 aliphatic carbocycles. The fraction of sp³-hybridized carbons (Fsp3) is 0.667. The molecule has 1 saturated carbocycles. The number of rotatable bonds is 5. The molecule has 1 aromatic rings. The number of nitrogens with one attached hydrogen (secondary N) is 2. The molecule has 2 unspecified atom stereocenters. The van der Waals surface area contributed by atoms with Crippen LogP contribution >= 0.6 is 0 Å². The third kappa shape index (κ3) is 6.69. The molecular formula is C21H34N2O2. The maximum absolute atomic E-state index is 11.8. The third-order valence-electron chi connectivity index (χ3n) is 4.75. The molecule has 0 aromatic heterocycles. The molecule has 1 amide bonds. The van der Waals surface area contributed by atoms with Crippen LogP contribution in [0.1, 0.15) is 59.9 Å². The number of carbonyl (C=O) groups excluding carboxylic acids is 1. The summed E-state index contributed by atoms with van der Waals surface area (Å²) in [6, 6.07) is 8.62. The topological polar surface area (TPSA) is 50.4 Å². The molecule has 0 heterocycles. The quantitative estimate of drug-likeness (QED) is 0.789. The molecule has 2 rings (SSSR count). The van der Waals surface area contributed by atoms with Crippen molar-refractivity contribution in [1.29, 1.82) is 0 Å². The van der Waals surface area contributed by atoms with Gasteiger partial charge in [-0.3, -0.25) is 5.32 Å². The highest BCUT2D eigenvalue weighted by molar-refractivity contribution is 5.84. The van der Waals surface area contributed by atoms with Crippen LogP contribution in [0.2, 0.25) is 0 Å². The van der Waals surface area contributed by atoms with Crippen molar-refractivity contribution >= 4 is 11.8 Å². The summed E-state index contributed by atoms with van der Waals surface area (Å²) >= 11 is 0. The van der Waals surface area contributed by atoms with Crippen molar-refractivity contribution in [3.05, 3.63) is 29.8 Å². The van der Waals surface area contributed by atoms with Gasteiger partial charge in [0.1, 0.15) is 5.60 Å². The van der Waals surface area contributed by atoms with E-state index in [1.807, 2.05) is 32.9 Å². The number of hydrogen-bond donors (Lipinski definition) is 2. The van der Waals surface area contributed by atoms with Crippen molar-refractivity contribution in [3.8, 4) is 0 Å². The van der Waals surface area contributed by atoms with Gasteiger partial charge in [-0.1, -0.05) is 32.9 Å². The summed E-state index contributed by atoms with van der Waals surface area (Å²) < 4.78 is 5.26. The second-order valence-electron chi connectivity index (χ2n) is 9.18. The van der Waals surface area contributed by atoms with Crippen LogP contribution in [0.3, 0.4) is 0 Å². The molecule has 2 atom stereocenters. The van der Waals surface area contributed by atoms with Gasteiger partial charge in [-0.15, -0.1) is 0 Å². The highest BCUT2D eigenvalue weighted by Crippen LogP contribution is 2.40. The lowest BCUT2D eigenvalue weighted by Crippen LogP contribution is -2.33. The van der Waals surface area contributed by atoms with Crippen LogP contribution in [0.5, 0.6) is 0 Å². The Morgan fingerprint density at radius 1 is 1.20 bits per heavy atom. The lowest BCUT2D eigenvalue weighted by atomic mass is 9.91. The van der Waals surface area contributed by atoms with E-state index in [0.717, 1.165) is 24.6 Å². The van der Waals surface area contributed by atoms with E-state index >= 15 is 0 Å². The van der Waals surface area contributed by atoms with E-state index < -0.39 is 11.7 Å². The SMILES string of the molecule is CC1CC(C)(C)CC1NCCc1ccc(NC(=O)OC(C)(C)C)cc1. The minimum atomic E-state index is -0.484. The predicted octanol–water partition coefficient (Wildman–Crippen LogP) is 4.99. The molecule has 25 heavy (non-hydrogen) atoms. The number of hydrogen-bond acceptors (Lipinski definition) is 3. The first kappa shape index (κ1) is 19.8.